The molecule has 1 aliphatic heterocycles. The molecule has 7 heteroatoms. The molecule has 2 aromatic heterocycles. The Balaban J connectivity index is 1.19. The van der Waals surface area contributed by atoms with Crippen molar-refractivity contribution in [3.63, 3.8) is 0 Å². The predicted molar refractivity (Wildman–Crippen MR) is 138 cm³/mol. The van der Waals surface area contributed by atoms with Crippen molar-refractivity contribution in [1.29, 1.82) is 0 Å². The number of carbonyl (C=O) groups is 1. The lowest BCUT2D eigenvalue weighted by atomic mass is 10.1. The molecule has 0 saturated carbocycles. The lowest BCUT2D eigenvalue weighted by molar-refractivity contribution is 0.0944. The third-order valence-corrected chi connectivity index (χ3v) is 6.63. The van der Waals surface area contributed by atoms with Gasteiger partial charge in [-0.3, -0.25) is 9.20 Å². The summed E-state index contributed by atoms with van der Waals surface area (Å²) in [6, 6.07) is 19.1. The predicted octanol–water partition coefficient (Wildman–Crippen LogP) is 4.60. The molecule has 4 aromatic rings. The number of rotatable bonds is 6. The molecule has 0 radical (unpaired) electrons. The van der Waals surface area contributed by atoms with Crippen LogP contribution < -0.4 is 15.1 Å². The van der Waals surface area contributed by atoms with Gasteiger partial charge in [-0.15, -0.1) is 0 Å². The number of nitrogens with one attached hydrogen (secondary N) is 1. The zero-order chi connectivity index (χ0) is 24.4. The second-order valence-corrected chi connectivity index (χ2v) is 8.99. The van der Waals surface area contributed by atoms with Gasteiger partial charge in [0.1, 0.15) is 17.2 Å². The zero-order valence-electron chi connectivity index (χ0n) is 20.2. The van der Waals surface area contributed by atoms with Gasteiger partial charge in [-0.25, -0.2) is 9.37 Å². The molecule has 1 saturated heterocycles. The van der Waals surface area contributed by atoms with E-state index >= 15 is 0 Å². The highest BCUT2D eigenvalue weighted by molar-refractivity contribution is 5.94. The first-order valence-electron chi connectivity index (χ1n) is 12.1. The molecule has 180 valence electrons. The van der Waals surface area contributed by atoms with E-state index in [0.29, 0.717) is 18.7 Å². The van der Waals surface area contributed by atoms with Crippen molar-refractivity contribution in [2.24, 2.45) is 0 Å². The molecule has 2 aromatic carbocycles. The highest BCUT2D eigenvalue weighted by atomic mass is 19.1. The summed E-state index contributed by atoms with van der Waals surface area (Å²) < 4.78 is 15.1. The first kappa shape index (κ1) is 22.9. The van der Waals surface area contributed by atoms with Gasteiger partial charge in [-0.2, -0.15) is 0 Å². The smallest absolute Gasteiger partial charge is 0.270 e. The number of fused-ring (bicyclic) bond motifs is 1. The van der Waals surface area contributed by atoms with Gasteiger partial charge in [0, 0.05) is 50.3 Å². The molecule has 1 aliphatic rings. The number of benzene rings is 2. The third kappa shape index (κ3) is 4.85. The van der Waals surface area contributed by atoms with Crippen molar-refractivity contribution in [3.05, 3.63) is 95.2 Å². The fraction of sp³-hybridized carbons (Fsp3) is 0.286. The maximum Gasteiger partial charge on any atom is 0.270 e. The van der Waals surface area contributed by atoms with Crippen molar-refractivity contribution in [2.75, 3.05) is 36.0 Å². The lowest BCUT2D eigenvalue weighted by Gasteiger charge is -2.37. The average molecular weight is 472 g/mol. The largest absolute Gasteiger partial charge is 0.368 e. The maximum atomic E-state index is 13.2. The minimum Gasteiger partial charge on any atom is -0.368 e. The Kier molecular flexibility index (Phi) is 6.40. The molecular formula is C28H30FN5O. The summed E-state index contributed by atoms with van der Waals surface area (Å²) in [5, 5.41) is 3.06. The van der Waals surface area contributed by atoms with Gasteiger partial charge in [-0.05, 0) is 73.0 Å². The summed E-state index contributed by atoms with van der Waals surface area (Å²) in [5.74, 6) is -0.317. The minimum absolute atomic E-state index is 0.112. The van der Waals surface area contributed by atoms with Gasteiger partial charge in [0.2, 0.25) is 0 Å². The van der Waals surface area contributed by atoms with E-state index < -0.39 is 0 Å². The van der Waals surface area contributed by atoms with E-state index in [1.54, 1.807) is 0 Å². The summed E-state index contributed by atoms with van der Waals surface area (Å²) in [6.45, 7) is 8.09. The first-order valence-corrected chi connectivity index (χ1v) is 12.1. The van der Waals surface area contributed by atoms with Gasteiger partial charge >= 0.3 is 0 Å². The van der Waals surface area contributed by atoms with Crippen molar-refractivity contribution >= 4 is 22.9 Å². The third-order valence-electron chi connectivity index (χ3n) is 6.63. The molecule has 6 nitrogen and oxygen atoms in total. The van der Waals surface area contributed by atoms with Crippen LogP contribution in [0.15, 0.2) is 66.9 Å². The number of halogens is 1. The normalized spacial score (nSPS) is 13.9. The van der Waals surface area contributed by atoms with Crippen molar-refractivity contribution < 1.29 is 9.18 Å². The maximum absolute atomic E-state index is 13.2. The van der Waals surface area contributed by atoms with E-state index in [9.17, 15) is 9.18 Å². The Bertz CT molecular complexity index is 1320. The van der Waals surface area contributed by atoms with Crippen LogP contribution in [0.25, 0.3) is 5.65 Å². The fourth-order valence-corrected chi connectivity index (χ4v) is 4.65. The number of amides is 1. The van der Waals surface area contributed by atoms with Crippen LogP contribution >= 0.6 is 0 Å². The van der Waals surface area contributed by atoms with E-state index in [2.05, 4.69) is 44.4 Å². The van der Waals surface area contributed by atoms with Gasteiger partial charge in [0.25, 0.3) is 5.91 Å². The minimum atomic E-state index is -0.205. The van der Waals surface area contributed by atoms with E-state index in [1.165, 1.54) is 17.8 Å². The number of hydrogen-bond acceptors (Lipinski definition) is 4. The van der Waals surface area contributed by atoms with Crippen molar-refractivity contribution in [3.8, 4) is 0 Å². The van der Waals surface area contributed by atoms with E-state index in [1.807, 2.05) is 48.7 Å². The van der Waals surface area contributed by atoms with Crippen LogP contribution in [0.5, 0.6) is 0 Å². The molecule has 1 fully saturated rings. The number of anilines is 2. The fourth-order valence-electron chi connectivity index (χ4n) is 4.65. The highest BCUT2D eigenvalue weighted by Crippen LogP contribution is 2.22. The topological polar surface area (TPSA) is 52.9 Å². The molecule has 1 N–H and O–H groups in total. The molecule has 0 unspecified atom stereocenters. The van der Waals surface area contributed by atoms with Gasteiger partial charge in [-0.1, -0.05) is 19.1 Å². The Morgan fingerprint density at radius 3 is 2.14 bits per heavy atom. The lowest BCUT2D eigenvalue weighted by Crippen LogP contribution is -2.46. The molecule has 0 atom stereocenters. The van der Waals surface area contributed by atoms with Crippen LogP contribution in [0.3, 0.4) is 0 Å². The Hall–Kier alpha value is -3.87. The Labute approximate surface area is 205 Å². The van der Waals surface area contributed by atoms with Crippen LogP contribution in [0.2, 0.25) is 0 Å². The average Bonchev–Trinajstić information content (AvgIpc) is 3.26. The monoisotopic (exact) mass is 471 g/mol. The first-order chi connectivity index (χ1) is 17.0. The standard InChI is InChI=1S/C28H30FN5O/c1-3-25-27(34-13-12-20(2)18-26(34)31-25)28(35)30-19-21-4-8-23(9-5-21)32-14-16-33(17-15-32)24-10-6-22(29)7-11-24/h4-13,18H,3,14-17,19H2,1-2H3,(H,30,35). The summed E-state index contributed by atoms with van der Waals surface area (Å²) in [7, 11) is 0. The van der Waals surface area contributed by atoms with Crippen LogP contribution in [-0.2, 0) is 13.0 Å². The Morgan fingerprint density at radius 1 is 0.943 bits per heavy atom. The number of piperazine rings is 1. The molecule has 0 bridgehead atoms. The zero-order valence-corrected chi connectivity index (χ0v) is 20.2. The molecular weight excluding hydrogens is 441 g/mol. The number of nitrogens with zero attached hydrogens (tertiary/aromatic N) is 4. The van der Waals surface area contributed by atoms with E-state index in [4.69, 9.17) is 0 Å². The Morgan fingerprint density at radius 2 is 1.54 bits per heavy atom. The van der Waals surface area contributed by atoms with E-state index in [0.717, 1.165) is 54.3 Å². The number of pyridine rings is 1. The quantitative estimate of drug-likeness (QED) is 0.447. The molecule has 35 heavy (non-hydrogen) atoms. The van der Waals surface area contributed by atoms with Gasteiger partial charge in [0.15, 0.2) is 0 Å². The SMILES string of the molecule is CCc1nc2cc(C)ccn2c1C(=O)NCc1ccc(N2CCN(c3ccc(F)cc3)CC2)cc1. The summed E-state index contributed by atoms with van der Waals surface area (Å²) in [5.41, 5.74) is 6.62. The molecule has 0 aliphatic carbocycles. The molecule has 0 spiro atoms. The van der Waals surface area contributed by atoms with E-state index in [-0.39, 0.29) is 11.7 Å². The van der Waals surface area contributed by atoms with Crippen LogP contribution in [0.4, 0.5) is 15.8 Å². The highest BCUT2D eigenvalue weighted by Gasteiger charge is 2.19. The van der Waals surface area contributed by atoms with Crippen LogP contribution in [0, 0.1) is 12.7 Å². The number of hydrogen-bond donors (Lipinski definition) is 1. The van der Waals surface area contributed by atoms with Gasteiger partial charge < -0.3 is 15.1 Å². The molecule has 3 heterocycles. The van der Waals surface area contributed by atoms with Crippen molar-refractivity contribution in [2.45, 2.75) is 26.8 Å². The number of imidazole rings is 1. The second-order valence-electron chi connectivity index (χ2n) is 8.99. The second kappa shape index (κ2) is 9.78. The molecule has 5 rings (SSSR count). The van der Waals surface area contributed by atoms with Crippen LogP contribution in [0.1, 0.15) is 34.2 Å². The van der Waals surface area contributed by atoms with Crippen LogP contribution in [-0.4, -0.2) is 41.5 Å². The number of carbonyl (C=O) groups excluding carboxylic acids is 1. The molecule has 1 amide bonds. The summed E-state index contributed by atoms with van der Waals surface area (Å²) >= 11 is 0. The summed E-state index contributed by atoms with van der Waals surface area (Å²) in [4.78, 5) is 22.3. The van der Waals surface area contributed by atoms with Crippen molar-refractivity contribution in [1.82, 2.24) is 14.7 Å². The number of aromatic nitrogens is 2. The summed E-state index contributed by atoms with van der Waals surface area (Å²) in [6.07, 6.45) is 2.61. The number of aryl methyl sites for hydroxylation is 2. The van der Waals surface area contributed by atoms with Gasteiger partial charge in [0.05, 0.1) is 5.69 Å².